The molecule has 0 aliphatic carbocycles. The average molecular weight is 331 g/mol. The summed E-state index contributed by atoms with van der Waals surface area (Å²) in [5.74, 6) is 0.0402. The number of carbonyl (C=O) groups is 2. The molecule has 24 heavy (non-hydrogen) atoms. The molecule has 0 atom stereocenters. The summed E-state index contributed by atoms with van der Waals surface area (Å²) in [5, 5.41) is 5.56. The van der Waals surface area contributed by atoms with Crippen LogP contribution in [0.4, 0.5) is 11.4 Å². The largest absolute Gasteiger partial charge is 0.372 e. The standard InChI is InChI=1S/C19H29N3O2/c1-15(2)10-11-20-18(23)14-19(24)21-16-6-8-17(9-7-16)22-12-4-3-5-13-22/h6-9,15H,3-5,10-14H2,1-2H3,(H,20,23)(H,21,24). The van der Waals surface area contributed by atoms with Crippen LogP contribution in [0.25, 0.3) is 0 Å². The van der Waals surface area contributed by atoms with E-state index in [4.69, 9.17) is 0 Å². The molecule has 2 rings (SSSR count). The second-order valence-corrected chi connectivity index (χ2v) is 6.85. The molecular formula is C19H29N3O2. The summed E-state index contributed by atoms with van der Waals surface area (Å²) in [6.45, 7) is 7.03. The van der Waals surface area contributed by atoms with Gasteiger partial charge in [0, 0.05) is 31.0 Å². The third-order valence-corrected chi connectivity index (χ3v) is 4.24. The Morgan fingerprint density at radius 3 is 2.33 bits per heavy atom. The van der Waals surface area contributed by atoms with Gasteiger partial charge in [0.05, 0.1) is 0 Å². The average Bonchev–Trinajstić information content (AvgIpc) is 2.56. The molecule has 1 heterocycles. The molecule has 5 nitrogen and oxygen atoms in total. The monoisotopic (exact) mass is 331 g/mol. The number of carbonyl (C=O) groups excluding carboxylic acids is 2. The van der Waals surface area contributed by atoms with E-state index in [1.54, 1.807) is 0 Å². The van der Waals surface area contributed by atoms with Gasteiger partial charge in [-0.05, 0) is 55.9 Å². The number of nitrogens with one attached hydrogen (secondary N) is 2. The first-order chi connectivity index (χ1) is 11.5. The summed E-state index contributed by atoms with van der Waals surface area (Å²) >= 11 is 0. The SMILES string of the molecule is CC(C)CCNC(=O)CC(=O)Nc1ccc(N2CCCCC2)cc1. The van der Waals surface area contributed by atoms with Crippen molar-refractivity contribution >= 4 is 23.2 Å². The summed E-state index contributed by atoms with van der Waals surface area (Å²) in [7, 11) is 0. The van der Waals surface area contributed by atoms with Gasteiger partial charge in [0.15, 0.2) is 0 Å². The van der Waals surface area contributed by atoms with Crippen molar-refractivity contribution in [3.05, 3.63) is 24.3 Å². The number of rotatable bonds is 7. The van der Waals surface area contributed by atoms with E-state index in [0.29, 0.717) is 12.5 Å². The molecule has 1 aliphatic heterocycles. The molecule has 2 N–H and O–H groups in total. The number of amides is 2. The number of hydrogen-bond acceptors (Lipinski definition) is 3. The van der Waals surface area contributed by atoms with Crippen molar-refractivity contribution in [3.8, 4) is 0 Å². The van der Waals surface area contributed by atoms with Crippen molar-refractivity contribution in [2.24, 2.45) is 5.92 Å². The van der Waals surface area contributed by atoms with Gasteiger partial charge in [-0.1, -0.05) is 13.8 Å². The van der Waals surface area contributed by atoms with Crippen LogP contribution in [0.1, 0.15) is 46.0 Å². The van der Waals surface area contributed by atoms with Gasteiger partial charge in [-0.25, -0.2) is 0 Å². The highest BCUT2D eigenvalue weighted by Gasteiger charge is 2.12. The number of anilines is 2. The van der Waals surface area contributed by atoms with E-state index >= 15 is 0 Å². The van der Waals surface area contributed by atoms with Gasteiger partial charge in [-0.15, -0.1) is 0 Å². The van der Waals surface area contributed by atoms with Crippen molar-refractivity contribution in [1.29, 1.82) is 0 Å². The zero-order chi connectivity index (χ0) is 17.4. The fraction of sp³-hybridized carbons (Fsp3) is 0.579. The minimum Gasteiger partial charge on any atom is -0.372 e. The number of piperidine rings is 1. The second kappa shape index (κ2) is 9.30. The molecule has 1 saturated heterocycles. The highest BCUT2D eigenvalue weighted by atomic mass is 16.2. The number of hydrogen-bond donors (Lipinski definition) is 2. The summed E-state index contributed by atoms with van der Waals surface area (Å²) in [4.78, 5) is 26.0. The van der Waals surface area contributed by atoms with Gasteiger partial charge in [0.1, 0.15) is 6.42 Å². The first kappa shape index (κ1) is 18.3. The van der Waals surface area contributed by atoms with Gasteiger partial charge >= 0.3 is 0 Å². The first-order valence-electron chi connectivity index (χ1n) is 8.96. The lowest BCUT2D eigenvalue weighted by Gasteiger charge is -2.28. The number of benzene rings is 1. The zero-order valence-corrected chi connectivity index (χ0v) is 14.8. The maximum absolute atomic E-state index is 11.9. The molecule has 132 valence electrons. The molecule has 0 radical (unpaired) electrons. The fourth-order valence-corrected chi connectivity index (χ4v) is 2.82. The Labute approximate surface area is 144 Å². The van der Waals surface area contributed by atoms with E-state index in [-0.39, 0.29) is 18.2 Å². The van der Waals surface area contributed by atoms with E-state index in [1.807, 2.05) is 24.3 Å². The Hall–Kier alpha value is -2.04. The topological polar surface area (TPSA) is 61.4 Å². The lowest BCUT2D eigenvalue weighted by atomic mass is 10.1. The van der Waals surface area contributed by atoms with E-state index in [2.05, 4.69) is 29.4 Å². The van der Waals surface area contributed by atoms with Crippen molar-refractivity contribution < 1.29 is 9.59 Å². The molecule has 0 spiro atoms. The van der Waals surface area contributed by atoms with Gasteiger partial charge in [0.25, 0.3) is 0 Å². The van der Waals surface area contributed by atoms with Crippen LogP contribution < -0.4 is 15.5 Å². The van der Waals surface area contributed by atoms with Crippen LogP contribution in [-0.2, 0) is 9.59 Å². The summed E-state index contributed by atoms with van der Waals surface area (Å²) in [5.41, 5.74) is 1.93. The van der Waals surface area contributed by atoms with E-state index < -0.39 is 0 Å². The predicted octanol–water partition coefficient (Wildman–Crippen LogP) is 3.17. The predicted molar refractivity (Wildman–Crippen MR) is 98.2 cm³/mol. The zero-order valence-electron chi connectivity index (χ0n) is 14.8. The Morgan fingerprint density at radius 1 is 1.04 bits per heavy atom. The van der Waals surface area contributed by atoms with Crippen molar-refractivity contribution in [2.75, 3.05) is 29.9 Å². The molecule has 5 heteroatoms. The van der Waals surface area contributed by atoms with E-state index in [1.165, 1.54) is 24.9 Å². The molecule has 0 bridgehead atoms. The Bertz CT molecular complexity index is 534. The van der Waals surface area contributed by atoms with Crippen LogP contribution in [0, 0.1) is 5.92 Å². The van der Waals surface area contributed by atoms with Crippen LogP contribution >= 0.6 is 0 Å². The lowest BCUT2D eigenvalue weighted by molar-refractivity contribution is -0.126. The molecule has 1 aromatic carbocycles. The molecular weight excluding hydrogens is 302 g/mol. The first-order valence-corrected chi connectivity index (χ1v) is 8.96. The van der Waals surface area contributed by atoms with Crippen LogP contribution in [0.3, 0.4) is 0 Å². The molecule has 2 amide bonds. The minimum absolute atomic E-state index is 0.133. The molecule has 1 fully saturated rings. The Balaban J connectivity index is 1.76. The normalized spacial score (nSPS) is 14.5. The molecule has 0 unspecified atom stereocenters. The van der Waals surface area contributed by atoms with Gasteiger partial charge in [-0.2, -0.15) is 0 Å². The maximum Gasteiger partial charge on any atom is 0.233 e. The van der Waals surface area contributed by atoms with Gasteiger partial charge < -0.3 is 15.5 Å². The summed E-state index contributed by atoms with van der Waals surface area (Å²) in [6.07, 6.45) is 4.58. The fourth-order valence-electron chi connectivity index (χ4n) is 2.82. The number of nitrogens with zero attached hydrogens (tertiary/aromatic N) is 1. The van der Waals surface area contributed by atoms with Crippen LogP contribution in [-0.4, -0.2) is 31.4 Å². The van der Waals surface area contributed by atoms with Gasteiger partial charge in [-0.3, -0.25) is 9.59 Å². The molecule has 1 aromatic rings. The van der Waals surface area contributed by atoms with Crippen LogP contribution in [0.2, 0.25) is 0 Å². The third-order valence-electron chi connectivity index (χ3n) is 4.24. The smallest absolute Gasteiger partial charge is 0.233 e. The Kier molecular flexibility index (Phi) is 7.09. The lowest BCUT2D eigenvalue weighted by Crippen LogP contribution is -2.29. The second-order valence-electron chi connectivity index (χ2n) is 6.85. The quantitative estimate of drug-likeness (QED) is 0.755. The maximum atomic E-state index is 11.9. The Morgan fingerprint density at radius 2 is 1.71 bits per heavy atom. The van der Waals surface area contributed by atoms with Crippen molar-refractivity contribution in [1.82, 2.24) is 5.32 Å². The van der Waals surface area contributed by atoms with E-state index in [0.717, 1.165) is 25.2 Å². The minimum atomic E-state index is -0.275. The summed E-state index contributed by atoms with van der Waals surface area (Å²) < 4.78 is 0. The van der Waals surface area contributed by atoms with Crippen molar-refractivity contribution in [3.63, 3.8) is 0 Å². The molecule has 0 aromatic heterocycles. The highest BCUT2D eigenvalue weighted by molar-refractivity contribution is 6.03. The molecule has 1 aliphatic rings. The van der Waals surface area contributed by atoms with Crippen molar-refractivity contribution in [2.45, 2.75) is 46.0 Å². The highest BCUT2D eigenvalue weighted by Crippen LogP contribution is 2.21. The third kappa shape index (κ3) is 6.22. The van der Waals surface area contributed by atoms with Gasteiger partial charge in [0.2, 0.25) is 11.8 Å². The van der Waals surface area contributed by atoms with E-state index in [9.17, 15) is 9.59 Å². The molecule has 0 saturated carbocycles. The summed E-state index contributed by atoms with van der Waals surface area (Å²) in [6, 6.07) is 7.87. The van der Waals surface area contributed by atoms with Crippen LogP contribution in [0.5, 0.6) is 0 Å². The van der Waals surface area contributed by atoms with Crippen LogP contribution in [0.15, 0.2) is 24.3 Å².